The first-order chi connectivity index (χ1) is 29.0. The van der Waals surface area contributed by atoms with Gasteiger partial charge in [0.2, 0.25) is 0 Å². The molecular weight excluding hydrogens is 739 g/mol. The van der Waals surface area contributed by atoms with Crippen molar-refractivity contribution in [2.75, 3.05) is 0 Å². The van der Waals surface area contributed by atoms with Crippen LogP contribution in [0.4, 0.5) is 0 Å². The lowest BCUT2D eigenvalue weighted by Gasteiger charge is -2.21. The molecular formula is C54H35N3OS. The van der Waals surface area contributed by atoms with Crippen LogP contribution in [0.3, 0.4) is 0 Å². The highest BCUT2D eigenvalue weighted by Gasteiger charge is 2.36. The maximum absolute atomic E-state index is 6.61. The minimum Gasteiger partial charge on any atom is -0.456 e. The zero-order chi connectivity index (χ0) is 39.2. The van der Waals surface area contributed by atoms with Crippen molar-refractivity contribution >= 4 is 53.4 Å². The van der Waals surface area contributed by atoms with Crippen LogP contribution in [0.25, 0.3) is 110 Å². The largest absolute Gasteiger partial charge is 0.456 e. The Morgan fingerprint density at radius 1 is 0.407 bits per heavy atom. The fourth-order valence-electron chi connectivity index (χ4n) is 9.35. The summed E-state index contributed by atoms with van der Waals surface area (Å²) in [7, 11) is 0. The molecule has 0 unspecified atom stereocenters. The topological polar surface area (TPSA) is 51.8 Å². The van der Waals surface area contributed by atoms with Gasteiger partial charge in [-0.1, -0.05) is 153 Å². The van der Waals surface area contributed by atoms with E-state index in [-0.39, 0.29) is 5.41 Å². The predicted octanol–water partition coefficient (Wildman–Crippen LogP) is 14.8. The number of hydrogen-bond acceptors (Lipinski definition) is 5. The lowest BCUT2D eigenvalue weighted by atomic mass is 9.82. The van der Waals surface area contributed by atoms with E-state index in [4.69, 9.17) is 19.4 Å². The van der Waals surface area contributed by atoms with Crippen LogP contribution in [0.2, 0.25) is 0 Å². The summed E-state index contributed by atoms with van der Waals surface area (Å²) < 4.78 is 9.05. The van der Waals surface area contributed by atoms with Crippen LogP contribution in [-0.4, -0.2) is 15.0 Å². The third kappa shape index (κ3) is 5.25. The Labute approximate surface area is 345 Å². The molecule has 12 rings (SSSR count). The monoisotopic (exact) mass is 773 g/mol. The maximum atomic E-state index is 6.61. The van der Waals surface area contributed by atoms with E-state index in [1.54, 1.807) is 11.3 Å². The van der Waals surface area contributed by atoms with E-state index in [2.05, 4.69) is 172 Å². The molecule has 0 saturated heterocycles. The predicted molar refractivity (Wildman–Crippen MR) is 245 cm³/mol. The van der Waals surface area contributed by atoms with Gasteiger partial charge in [-0.25, -0.2) is 15.0 Å². The van der Waals surface area contributed by atoms with Crippen molar-refractivity contribution < 1.29 is 4.42 Å². The molecule has 1 aliphatic carbocycles. The third-order valence-electron chi connectivity index (χ3n) is 12.2. The first-order valence-electron chi connectivity index (χ1n) is 20.0. The second-order valence-corrected chi connectivity index (χ2v) is 17.0. The Morgan fingerprint density at radius 3 is 1.92 bits per heavy atom. The van der Waals surface area contributed by atoms with Gasteiger partial charge in [-0.2, -0.15) is 0 Å². The van der Waals surface area contributed by atoms with Crippen LogP contribution in [0.5, 0.6) is 0 Å². The summed E-state index contributed by atoms with van der Waals surface area (Å²) in [6.07, 6.45) is 0. The van der Waals surface area contributed by atoms with Crippen molar-refractivity contribution in [1.82, 2.24) is 15.0 Å². The third-order valence-corrected chi connectivity index (χ3v) is 13.3. The van der Waals surface area contributed by atoms with Crippen molar-refractivity contribution in [3.8, 4) is 67.5 Å². The van der Waals surface area contributed by atoms with Crippen LogP contribution in [0.1, 0.15) is 25.0 Å². The van der Waals surface area contributed by atoms with Crippen molar-refractivity contribution in [2.45, 2.75) is 19.3 Å². The lowest BCUT2D eigenvalue weighted by Crippen LogP contribution is -2.14. The van der Waals surface area contributed by atoms with E-state index in [1.807, 2.05) is 18.2 Å². The molecule has 11 aromatic rings. The normalized spacial score (nSPS) is 13.1. The van der Waals surface area contributed by atoms with Gasteiger partial charge in [-0.05, 0) is 80.9 Å². The van der Waals surface area contributed by atoms with Crippen molar-refractivity contribution in [3.05, 3.63) is 187 Å². The van der Waals surface area contributed by atoms with Gasteiger partial charge in [0.25, 0.3) is 0 Å². The number of hydrogen-bond donors (Lipinski definition) is 0. The summed E-state index contributed by atoms with van der Waals surface area (Å²) in [5.41, 5.74) is 14.3. The molecule has 0 atom stereocenters. The average Bonchev–Trinajstić information content (AvgIpc) is 3.94. The number of rotatable bonds is 5. The van der Waals surface area contributed by atoms with Gasteiger partial charge in [0.05, 0.1) is 0 Å². The first kappa shape index (κ1) is 33.9. The Kier molecular flexibility index (Phi) is 7.41. The van der Waals surface area contributed by atoms with Crippen LogP contribution in [0.15, 0.2) is 180 Å². The SMILES string of the molecule is CC1(C)c2ccccc2-c2c(-c3ccc4oc5cccc(-c6nc(-c7cccc(-c8ccccc8)c7)nc(-c7cccc8sc9ccccc9c78)n6)c5c4c3)cccc21. The number of thiophene rings is 1. The molecule has 5 heteroatoms. The average molecular weight is 774 g/mol. The number of nitrogens with zero attached hydrogens (tertiary/aromatic N) is 3. The number of furan rings is 1. The summed E-state index contributed by atoms with van der Waals surface area (Å²) in [4.78, 5) is 15.9. The molecule has 0 N–H and O–H groups in total. The quantitative estimate of drug-likeness (QED) is 0.175. The number of benzene rings is 8. The Morgan fingerprint density at radius 2 is 1.03 bits per heavy atom. The Bertz CT molecular complexity index is 3490. The van der Waals surface area contributed by atoms with Crippen molar-refractivity contribution in [3.63, 3.8) is 0 Å². The van der Waals surface area contributed by atoms with Gasteiger partial charge >= 0.3 is 0 Å². The second kappa shape index (κ2) is 12.9. The molecule has 0 radical (unpaired) electrons. The molecule has 0 saturated carbocycles. The summed E-state index contributed by atoms with van der Waals surface area (Å²) in [6.45, 7) is 4.66. The van der Waals surface area contributed by atoms with Gasteiger partial charge in [0, 0.05) is 53.1 Å². The summed E-state index contributed by atoms with van der Waals surface area (Å²) in [6, 6.07) is 62.3. The minimum atomic E-state index is -0.0874. The highest BCUT2D eigenvalue weighted by atomic mass is 32.1. The maximum Gasteiger partial charge on any atom is 0.164 e. The fraction of sp³-hybridized carbons (Fsp3) is 0.0556. The van der Waals surface area contributed by atoms with Gasteiger partial charge in [0.1, 0.15) is 11.2 Å². The van der Waals surface area contributed by atoms with E-state index < -0.39 is 0 Å². The van der Waals surface area contributed by atoms with Crippen molar-refractivity contribution in [1.29, 1.82) is 0 Å². The highest BCUT2D eigenvalue weighted by Crippen LogP contribution is 2.52. The standard InChI is InChI=1S/C54H35N3OS/c1-54(2)42-23-8-6-18-37(42)48-36(20-11-24-43(48)54)34-28-29-44-41(31-34)49-39(21-12-25-45(49)58-44)52-55-51(35-17-10-16-33(30-35)32-14-4-3-5-15-32)56-53(57-52)40-22-13-27-47-50(40)38-19-7-9-26-46(38)59-47/h3-31H,1-2H3. The molecule has 0 bridgehead atoms. The van der Waals surface area contributed by atoms with Crippen LogP contribution >= 0.6 is 11.3 Å². The fourth-order valence-corrected chi connectivity index (χ4v) is 10.5. The molecule has 3 heterocycles. The zero-order valence-electron chi connectivity index (χ0n) is 32.4. The molecule has 4 nitrogen and oxygen atoms in total. The molecule has 278 valence electrons. The Hall–Kier alpha value is -7.21. The molecule has 1 aliphatic rings. The molecule has 8 aromatic carbocycles. The van der Waals surface area contributed by atoms with E-state index in [9.17, 15) is 0 Å². The van der Waals surface area contributed by atoms with E-state index in [0.717, 1.165) is 60.7 Å². The molecule has 0 amide bonds. The van der Waals surface area contributed by atoms with E-state index in [1.165, 1.54) is 42.6 Å². The molecule has 3 aromatic heterocycles. The van der Waals surface area contributed by atoms with Crippen LogP contribution in [0, 0.1) is 0 Å². The minimum absolute atomic E-state index is 0.0874. The second-order valence-electron chi connectivity index (χ2n) is 15.9. The summed E-state index contributed by atoms with van der Waals surface area (Å²) in [5, 5.41) is 4.37. The molecule has 0 fully saturated rings. The van der Waals surface area contributed by atoms with Gasteiger partial charge in [-0.3, -0.25) is 0 Å². The van der Waals surface area contributed by atoms with Gasteiger partial charge < -0.3 is 4.42 Å². The summed E-state index contributed by atoms with van der Waals surface area (Å²) >= 11 is 1.79. The van der Waals surface area contributed by atoms with Crippen LogP contribution < -0.4 is 0 Å². The van der Waals surface area contributed by atoms with Gasteiger partial charge in [-0.15, -0.1) is 11.3 Å². The van der Waals surface area contributed by atoms with Crippen molar-refractivity contribution in [2.24, 2.45) is 0 Å². The van der Waals surface area contributed by atoms with Gasteiger partial charge in [0.15, 0.2) is 17.5 Å². The highest BCUT2D eigenvalue weighted by molar-refractivity contribution is 7.25. The number of aromatic nitrogens is 3. The lowest BCUT2D eigenvalue weighted by molar-refractivity contribution is 0.660. The first-order valence-corrected chi connectivity index (χ1v) is 20.8. The Balaban J connectivity index is 1.09. The number of fused-ring (bicyclic) bond motifs is 9. The van der Waals surface area contributed by atoms with E-state index in [0.29, 0.717) is 17.5 Å². The molecule has 59 heavy (non-hydrogen) atoms. The zero-order valence-corrected chi connectivity index (χ0v) is 33.2. The van der Waals surface area contributed by atoms with Crippen LogP contribution in [-0.2, 0) is 5.41 Å². The van der Waals surface area contributed by atoms with E-state index >= 15 is 0 Å². The smallest absolute Gasteiger partial charge is 0.164 e. The molecule has 0 aliphatic heterocycles. The molecule has 0 spiro atoms. The summed E-state index contributed by atoms with van der Waals surface area (Å²) in [5.74, 6) is 1.85.